The van der Waals surface area contributed by atoms with Gasteiger partial charge in [0.05, 0.1) is 0 Å². The SMILES string of the molecule is C=CCN1C(=O)CC[C@@H]2[C@H]1CCN2CC1CCOCC1.O=C(O)C(F)(F)F. The van der Waals surface area contributed by atoms with Crippen LogP contribution < -0.4 is 0 Å². The Labute approximate surface area is 156 Å². The van der Waals surface area contributed by atoms with Gasteiger partial charge in [-0.2, -0.15) is 13.2 Å². The lowest BCUT2D eigenvalue weighted by Crippen LogP contribution is -2.52. The molecule has 1 N–H and O–H groups in total. The number of fused-ring (bicyclic) bond motifs is 1. The number of likely N-dealkylation sites (tertiary alicyclic amines) is 2. The molecule has 3 heterocycles. The van der Waals surface area contributed by atoms with Gasteiger partial charge in [0, 0.05) is 51.4 Å². The third-order valence-electron chi connectivity index (χ3n) is 5.40. The number of rotatable bonds is 4. The van der Waals surface area contributed by atoms with Gasteiger partial charge in [0.1, 0.15) is 0 Å². The summed E-state index contributed by atoms with van der Waals surface area (Å²) in [6.45, 7) is 8.70. The number of carbonyl (C=O) groups is 2. The number of piperidine rings is 1. The van der Waals surface area contributed by atoms with Crippen molar-refractivity contribution in [2.45, 2.75) is 50.4 Å². The third-order valence-corrected chi connectivity index (χ3v) is 5.40. The maximum absolute atomic E-state index is 12.1. The minimum Gasteiger partial charge on any atom is -0.475 e. The number of nitrogens with zero attached hydrogens (tertiary/aromatic N) is 2. The van der Waals surface area contributed by atoms with Crippen LogP contribution in [0.5, 0.6) is 0 Å². The van der Waals surface area contributed by atoms with Crippen molar-refractivity contribution in [2.24, 2.45) is 5.92 Å². The highest BCUT2D eigenvalue weighted by molar-refractivity contribution is 5.78. The van der Waals surface area contributed by atoms with Gasteiger partial charge in [0.2, 0.25) is 5.91 Å². The normalized spacial score (nSPS) is 26.9. The Morgan fingerprint density at radius 2 is 1.85 bits per heavy atom. The fourth-order valence-corrected chi connectivity index (χ4v) is 4.10. The molecule has 0 bridgehead atoms. The van der Waals surface area contributed by atoms with Crippen molar-refractivity contribution in [2.75, 3.05) is 32.8 Å². The monoisotopic (exact) mass is 392 g/mol. The maximum atomic E-state index is 12.1. The first-order valence-corrected chi connectivity index (χ1v) is 9.26. The molecule has 154 valence electrons. The largest absolute Gasteiger partial charge is 0.490 e. The lowest BCUT2D eigenvalue weighted by atomic mass is 9.94. The highest BCUT2D eigenvalue weighted by atomic mass is 19.4. The van der Waals surface area contributed by atoms with E-state index < -0.39 is 12.1 Å². The number of aliphatic carboxylic acids is 1. The number of carboxylic acids is 1. The van der Waals surface area contributed by atoms with Crippen LogP contribution in [-0.4, -0.2) is 77.9 Å². The Hall–Kier alpha value is -1.61. The number of carboxylic acid groups (broad SMARTS) is 1. The molecule has 3 aliphatic heterocycles. The van der Waals surface area contributed by atoms with Gasteiger partial charge in [-0.25, -0.2) is 4.79 Å². The first-order chi connectivity index (χ1) is 12.7. The molecule has 3 fully saturated rings. The van der Waals surface area contributed by atoms with E-state index in [0.717, 1.165) is 38.5 Å². The fraction of sp³-hybridized carbons (Fsp3) is 0.778. The highest BCUT2D eigenvalue weighted by Gasteiger charge is 2.43. The third kappa shape index (κ3) is 5.93. The number of hydrogen-bond donors (Lipinski definition) is 1. The molecular formula is C18H27F3N2O4. The van der Waals surface area contributed by atoms with Crippen molar-refractivity contribution < 1.29 is 32.6 Å². The molecule has 27 heavy (non-hydrogen) atoms. The van der Waals surface area contributed by atoms with E-state index in [1.165, 1.54) is 19.4 Å². The zero-order valence-corrected chi connectivity index (χ0v) is 15.3. The number of ether oxygens (including phenoxy) is 1. The number of alkyl halides is 3. The van der Waals surface area contributed by atoms with Crippen LogP contribution in [0, 0.1) is 5.92 Å². The van der Waals surface area contributed by atoms with Crippen LogP contribution in [0.3, 0.4) is 0 Å². The molecule has 0 saturated carbocycles. The van der Waals surface area contributed by atoms with Gasteiger partial charge in [-0.1, -0.05) is 6.08 Å². The highest BCUT2D eigenvalue weighted by Crippen LogP contribution is 2.32. The predicted octanol–water partition coefficient (Wildman–Crippen LogP) is 2.30. The van der Waals surface area contributed by atoms with E-state index in [2.05, 4.69) is 16.4 Å². The fourth-order valence-electron chi connectivity index (χ4n) is 4.10. The molecule has 2 atom stereocenters. The summed E-state index contributed by atoms with van der Waals surface area (Å²) in [5.74, 6) is -1.65. The van der Waals surface area contributed by atoms with E-state index >= 15 is 0 Å². The number of halogens is 3. The van der Waals surface area contributed by atoms with Crippen molar-refractivity contribution in [3.05, 3.63) is 12.7 Å². The van der Waals surface area contributed by atoms with Crippen LogP contribution in [-0.2, 0) is 14.3 Å². The average Bonchev–Trinajstić information content (AvgIpc) is 3.01. The molecule has 3 aliphatic rings. The number of carbonyl (C=O) groups excluding carboxylic acids is 1. The molecule has 1 amide bonds. The van der Waals surface area contributed by atoms with Gasteiger partial charge >= 0.3 is 12.1 Å². The van der Waals surface area contributed by atoms with Crippen LogP contribution in [0.25, 0.3) is 0 Å². The smallest absolute Gasteiger partial charge is 0.475 e. The molecule has 0 aromatic rings. The van der Waals surface area contributed by atoms with Gasteiger partial charge in [-0.15, -0.1) is 6.58 Å². The van der Waals surface area contributed by atoms with Gasteiger partial charge in [-0.3, -0.25) is 9.69 Å². The second-order valence-corrected chi connectivity index (χ2v) is 7.15. The molecule has 0 aromatic carbocycles. The Morgan fingerprint density at radius 3 is 2.41 bits per heavy atom. The summed E-state index contributed by atoms with van der Waals surface area (Å²) < 4.78 is 37.2. The van der Waals surface area contributed by atoms with Crippen LogP contribution in [0.1, 0.15) is 32.1 Å². The molecule has 6 nitrogen and oxygen atoms in total. The summed E-state index contributed by atoms with van der Waals surface area (Å²) in [6.07, 6.45) is 2.06. The summed E-state index contributed by atoms with van der Waals surface area (Å²) in [5, 5.41) is 7.12. The first kappa shape index (κ1) is 21.7. The summed E-state index contributed by atoms with van der Waals surface area (Å²) >= 11 is 0. The lowest BCUT2D eigenvalue weighted by Gasteiger charge is -2.40. The topological polar surface area (TPSA) is 70.1 Å². The van der Waals surface area contributed by atoms with Gasteiger partial charge < -0.3 is 14.7 Å². The second-order valence-electron chi connectivity index (χ2n) is 7.15. The van der Waals surface area contributed by atoms with Gasteiger partial charge in [0.25, 0.3) is 0 Å². The molecule has 9 heteroatoms. The second kappa shape index (κ2) is 9.54. The van der Waals surface area contributed by atoms with Crippen LogP contribution in [0.2, 0.25) is 0 Å². The lowest BCUT2D eigenvalue weighted by molar-refractivity contribution is -0.192. The van der Waals surface area contributed by atoms with Crippen molar-refractivity contribution in [1.82, 2.24) is 9.80 Å². The van der Waals surface area contributed by atoms with Crippen molar-refractivity contribution in [3.8, 4) is 0 Å². The quantitative estimate of drug-likeness (QED) is 0.744. The summed E-state index contributed by atoms with van der Waals surface area (Å²) in [4.78, 5) is 25.7. The van der Waals surface area contributed by atoms with E-state index in [1.54, 1.807) is 0 Å². The van der Waals surface area contributed by atoms with Gasteiger partial charge in [0.15, 0.2) is 0 Å². The standard InChI is InChI=1S/C16H26N2O2.C2HF3O2/c1-2-8-18-15-5-9-17(14(15)3-4-16(18)19)12-13-6-10-20-11-7-13;3-2(4,5)1(6)7/h2,13-15H,1,3-12H2;(H,6,7)/t14-,15-;/m1./s1. The summed E-state index contributed by atoms with van der Waals surface area (Å²) in [6, 6.07) is 1.00. The predicted molar refractivity (Wildman–Crippen MR) is 92.1 cm³/mol. The van der Waals surface area contributed by atoms with Gasteiger partial charge in [-0.05, 0) is 31.6 Å². The molecule has 0 spiro atoms. The maximum Gasteiger partial charge on any atom is 0.490 e. The van der Waals surface area contributed by atoms with E-state index in [4.69, 9.17) is 14.6 Å². The molecule has 0 radical (unpaired) electrons. The van der Waals surface area contributed by atoms with E-state index in [9.17, 15) is 18.0 Å². The van der Waals surface area contributed by atoms with Crippen LogP contribution >= 0.6 is 0 Å². The molecule has 0 aromatic heterocycles. The average molecular weight is 392 g/mol. The Kier molecular flexibility index (Phi) is 7.67. The number of hydrogen-bond acceptors (Lipinski definition) is 4. The molecule has 3 saturated heterocycles. The summed E-state index contributed by atoms with van der Waals surface area (Å²) in [5.41, 5.74) is 0. The summed E-state index contributed by atoms with van der Waals surface area (Å²) in [7, 11) is 0. The molecular weight excluding hydrogens is 365 g/mol. The van der Waals surface area contributed by atoms with Crippen LogP contribution in [0.4, 0.5) is 13.2 Å². The zero-order chi connectivity index (χ0) is 20.0. The van der Waals surface area contributed by atoms with Crippen molar-refractivity contribution >= 4 is 11.9 Å². The molecule has 0 aliphatic carbocycles. The zero-order valence-electron chi connectivity index (χ0n) is 15.3. The Bertz CT molecular complexity index is 535. The first-order valence-electron chi connectivity index (χ1n) is 9.26. The van der Waals surface area contributed by atoms with E-state index in [0.29, 0.717) is 31.0 Å². The minimum atomic E-state index is -5.08. The molecule has 3 rings (SSSR count). The minimum absolute atomic E-state index is 0.319. The van der Waals surface area contributed by atoms with Crippen molar-refractivity contribution in [3.63, 3.8) is 0 Å². The Balaban J connectivity index is 0.000000321. The molecule has 0 unspecified atom stereocenters. The van der Waals surface area contributed by atoms with E-state index in [-0.39, 0.29) is 0 Å². The van der Waals surface area contributed by atoms with E-state index in [1.807, 2.05) is 6.08 Å². The number of amides is 1. The Morgan fingerprint density at radius 1 is 1.22 bits per heavy atom. The van der Waals surface area contributed by atoms with Crippen LogP contribution in [0.15, 0.2) is 12.7 Å². The van der Waals surface area contributed by atoms with Crippen molar-refractivity contribution in [1.29, 1.82) is 0 Å².